The third-order valence-corrected chi connectivity index (χ3v) is 4.63. The van der Waals surface area contributed by atoms with Crippen LogP contribution in [-0.2, 0) is 0 Å². The number of hydrogen-bond acceptors (Lipinski definition) is 5. The molecule has 0 bridgehead atoms. The van der Waals surface area contributed by atoms with Gasteiger partial charge in [-0.2, -0.15) is 0 Å². The number of likely N-dealkylation sites (N-methyl/N-ethyl adjacent to an activating group) is 1. The highest BCUT2D eigenvalue weighted by Crippen LogP contribution is 2.30. The van der Waals surface area contributed by atoms with Crippen molar-refractivity contribution < 1.29 is 9.72 Å². The Balaban J connectivity index is 1.89. The van der Waals surface area contributed by atoms with Crippen LogP contribution in [0.3, 0.4) is 0 Å². The minimum absolute atomic E-state index is 0.00766. The number of hydrogen-bond donors (Lipinski definition) is 0. The van der Waals surface area contributed by atoms with E-state index in [9.17, 15) is 14.9 Å². The van der Waals surface area contributed by atoms with Crippen molar-refractivity contribution in [2.75, 3.05) is 37.6 Å². The average Bonchev–Trinajstić information content (AvgIpc) is 2.67. The number of rotatable bonds is 5. The monoisotopic (exact) mass is 339 g/mol. The largest absolute Gasteiger partial charge is 0.363 e. The van der Waals surface area contributed by atoms with Gasteiger partial charge in [-0.3, -0.25) is 14.9 Å². The van der Waals surface area contributed by atoms with Crippen LogP contribution in [0.15, 0.2) is 48.5 Å². The molecule has 6 heteroatoms. The third-order valence-electron chi connectivity index (χ3n) is 4.63. The number of anilines is 1. The summed E-state index contributed by atoms with van der Waals surface area (Å²) in [5.41, 5.74) is 1.45. The van der Waals surface area contributed by atoms with E-state index < -0.39 is 4.92 Å². The number of nitro benzene ring substituents is 1. The van der Waals surface area contributed by atoms with Crippen LogP contribution in [0.2, 0.25) is 0 Å². The first-order valence-corrected chi connectivity index (χ1v) is 8.45. The fraction of sp³-hybridized carbons (Fsp3) is 0.316. The van der Waals surface area contributed by atoms with Gasteiger partial charge in [-0.25, -0.2) is 0 Å². The minimum atomic E-state index is -0.400. The molecule has 1 heterocycles. The van der Waals surface area contributed by atoms with Crippen molar-refractivity contribution in [3.63, 3.8) is 0 Å². The van der Waals surface area contributed by atoms with Crippen LogP contribution in [0.4, 0.5) is 11.4 Å². The van der Waals surface area contributed by atoms with Gasteiger partial charge in [0, 0.05) is 43.4 Å². The molecule has 1 aliphatic rings. The van der Waals surface area contributed by atoms with Crippen LogP contribution < -0.4 is 4.90 Å². The maximum atomic E-state index is 12.5. The lowest BCUT2D eigenvalue weighted by atomic mass is 10.0. The summed E-state index contributed by atoms with van der Waals surface area (Å²) in [5, 5.41) is 11.6. The molecule has 0 amide bonds. The molecular weight excluding hydrogens is 318 g/mol. The van der Waals surface area contributed by atoms with Crippen molar-refractivity contribution in [2.24, 2.45) is 0 Å². The standard InChI is InChI=1S/C19H21N3O3/c1-2-20-10-12-21(13-11-20)17-9-8-16(14-18(17)22(24)25)19(23)15-6-4-3-5-7-15/h3-9,14H,2,10-13H2,1H3. The van der Waals surface area contributed by atoms with Crippen molar-refractivity contribution in [1.29, 1.82) is 0 Å². The van der Waals surface area contributed by atoms with E-state index in [1.807, 2.05) is 11.0 Å². The molecule has 1 fully saturated rings. The summed E-state index contributed by atoms with van der Waals surface area (Å²) >= 11 is 0. The topological polar surface area (TPSA) is 66.7 Å². The maximum absolute atomic E-state index is 12.5. The van der Waals surface area contributed by atoms with Gasteiger partial charge in [0.2, 0.25) is 0 Å². The zero-order chi connectivity index (χ0) is 17.8. The molecule has 6 nitrogen and oxygen atoms in total. The number of carbonyl (C=O) groups excluding carboxylic acids is 1. The van der Waals surface area contributed by atoms with Crippen molar-refractivity contribution in [1.82, 2.24) is 4.90 Å². The van der Waals surface area contributed by atoms with E-state index in [-0.39, 0.29) is 11.5 Å². The molecule has 0 radical (unpaired) electrons. The number of nitro groups is 1. The predicted octanol–water partition coefficient (Wildman–Crippen LogP) is 2.97. The van der Waals surface area contributed by atoms with E-state index in [1.54, 1.807) is 36.4 Å². The molecule has 0 saturated carbocycles. The highest BCUT2D eigenvalue weighted by molar-refractivity contribution is 6.09. The van der Waals surface area contributed by atoms with Crippen LogP contribution >= 0.6 is 0 Å². The van der Waals surface area contributed by atoms with Gasteiger partial charge >= 0.3 is 0 Å². The van der Waals surface area contributed by atoms with E-state index >= 15 is 0 Å². The lowest BCUT2D eigenvalue weighted by molar-refractivity contribution is -0.384. The van der Waals surface area contributed by atoms with E-state index in [1.165, 1.54) is 6.07 Å². The predicted molar refractivity (Wildman–Crippen MR) is 97.3 cm³/mol. The molecule has 0 spiro atoms. The first-order valence-electron chi connectivity index (χ1n) is 8.45. The Labute approximate surface area is 146 Å². The van der Waals surface area contributed by atoms with Gasteiger partial charge in [0.05, 0.1) is 4.92 Å². The van der Waals surface area contributed by atoms with Gasteiger partial charge in [-0.1, -0.05) is 37.3 Å². The highest BCUT2D eigenvalue weighted by Gasteiger charge is 2.24. The molecule has 25 heavy (non-hydrogen) atoms. The van der Waals surface area contributed by atoms with Gasteiger partial charge in [0.1, 0.15) is 5.69 Å². The molecule has 2 aromatic rings. The molecular formula is C19H21N3O3. The quantitative estimate of drug-likeness (QED) is 0.476. The number of nitrogens with zero attached hydrogens (tertiary/aromatic N) is 3. The normalized spacial score (nSPS) is 15.2. The minimum Gasteiger partial charge on any atom is -0.363 e. The third kappa shape index (κ3) is 3.69. The molecule has 0 unspecified atom stereocenters. The number of carbonyl (C=O) groups is 1. The lowest BCUT2D eigenvalue weighted by Crippen LogP contribution is -2.46. The summed E-state index contributed by atoms with van der Waals surface area (Å²) in [7, 11) is 0. The lowest BCUT2D eigenvalue weighted by Gasteiger charge is -2.35. The second kappa shape index (κ2) is 7.44. The molecule has 0 aromatic heterocycles. The van der Waals surface area contributed by atoms with Crippen molar-refractivity contribution in [3.05, 3.63) is 69.8 Å². The van der Waals surface area contributed by atoms with Gasteiger partial charge in [-0.15, -0.1) is 0 Å². The first-order chi connectivity index (χ1) is 12.1. The summed E-state index contributed by atoms with van der Waals surface area (Å²) in [6.07, 6.45) is 0. The van der Waals surface area contributed by atoms with Gasteiger partial charge in [0.15, 0.2) is 5.78 Å². The Morgan fingerprint density at radius 1 is 1.04 bits per heavy atom. The maximum Gasteiger partial charge on any atom is 0.293 e. The van der Waals surface area contributed by atoms with Crippen LogP contribution in [0, 0.1) is 10.1 Å². The summed E-state index contributed by atoms with van der Waals surface area (Å²) in [6.45, 7) is 6.38. The SMILES string of the molecule is CCN1CCN(c2ccc(C(=O)c3ccccc3)cc2[N+](=O)[O-])CC1. The van der Waals surface area contributed by atoms with Crippen molar-refractivity contribution in [3.8, 4) is 0 Å². The molecule has 2 aromatic carbocycles. The Morgan fingerprint density at radius 3 is 2.32 bits per heavy atom. The van der Waals surface area contributed by atoms with Crippen molar-refractivity contribution >= 4 is 17.2 Å². The van der Waals surface area contributed by atoms with E-state index in [2.05, 4.69) is 11.8 Å². The number of piperazine rings is 1. The number of benzene rings is 2. The molecule has 1 saturated heterocycles. The van der Waals surface area contributed by atoms with Crippen LogP contribution in [0.25, 0.3) is 0 Å². The van der Waals surface area contributed by atoms with Crippen LogP contribution in [0.1, 0.15) is 22.8 Å². The Bertz CT molecular complexity index is 769. The van der Waals surface area contributed by atoms with Crippen molar-refractivity contribution in [2.45, 2.75) is 6.92 Å². The fourth-order valence-corrected chi connectivity index (χ4v) is 3.14. The first kappa shape index (κ1) is 17.1. The van der Waals surface area contributed by atoms with Gasteiger partial charge < -0.3 is 9.80 Å². The molecule has 0 N–H and O–H groups in total. The van der Waals surface area contributed by atoms with E-state index in [4.69, 9.17) is 0 Å². The summed E-state index contributed by atoms with van der Waals surface area (Å²) < 4.78 is 0. The summed E-state index contributed by atoms with van der Waals surface area (Å²) in [4.78, 5) is 28.0. The second-order valence-electron chi connectivity index (χ2n) is 6.08. The van der Waals surface area contributed by atoms with E-state index in [0.29, 0.717) is 16.8 Å². The van der Waals surface area contributed by atoms with Crippen LogP contribution in [-0.4, -0.2) is 48.3 Å². The fourth-order valence-electron chi connectivity index (χ4n) is 3.14. The van der Waals surface area contributed by atoms with E-state index in [0.717, 1.165) is 32.7 Å². The van der Waals surface area contributed by atoms with Crippen LogP contribution in [0.5, 0.6) is 0 Å². The smallest absolute Gasteiger partial charge is 0.293 e. The second-order valence-corrected chi connectivity index (χ2v) is 6.08. The Kier molecular flexibility index (Phi) is 5.09. The highest BCUT2D eigenvalue weighted by atomic mass is 16.6. The van der Waals surface area contributed by atoms with Gasteiger partial charge in [-0.05, 0) is 18.7 Å². The average molecular weight is 339 g/mol. The zero-order valence-corrected chi connectivity index (χ0v) is 14.2. The molecule has 1 aliphatic heterocycles. The zero-order valence-electron chi connectivity index (χ0n) is 14.2. The Morgan fingerprint density at radius 2 is 1.72 bits per heavy atom. The van der Waals surface area contributed by atoms with Gasteiger partial charge in [0.25, 0.3) is 5.69 Å². The molecule has 0 atom stereocenters. The number of ketones is 1. The molecule has 0 aliphatic carbocycles. The molecule has 3 rings (SSSR count). The molecule has 130 valence electrons. The Hall–Kier alpha value is -2.73. The summed E-state index contributed by atoms with van der Waals surface area (Å²) in [6, 6.07) is 13.6. The summed E-state index contributed by atoms with van der Waals surface area (Å²) in [5.74, 6) is -0.203.